The van der Waals surface area contributed by atoms with Gasteiger partial charge in [-0.3, -0.25) is 0 Å². The molecule has 35 heavy (non-hydrogen) atoms. The normalized spacial score (nSPS) is 12.0. The van der Waals surface area contributed by atoms with Gasteiger partial charge in [-0.15, -0.1) is 0 Å². The van der Waals surface area contributed by atoms with Gasteiger partial charge in [0.15, 0.2) is 0 Å². The van der Waals surface area contributed by atoms with Gasteiger partial charge in [-0.2, -0.15) is 0 Å². The van der Waals surface area contributed by atoms with Gasteiger partial charge in [0, 0.05) is 32.9 Å². The minimum absolute atomic E-state index is 0.500. The summed E-state index contributed by atoms with van der Waals surface area (Å²) in [7, 11) is 0. The van der Waals surface area contributed by atoms with Crippen molar-refractivity contribution in [2.45, 2.75) is 19.8 Å². The van der Waals surface area contributed by atoms with Gasteiger partial charge in [0.2, 0.25) is 0 Å². The first-order valence-electron chi connectivity index (χ1n) is 12.3. The van der Waals surface area contributed by atoms with Crippen molar-refractivity contribution in [1.29, 1.82) is 0 Å². The molecular weight excluding hydrogens is 424 g/mol. The third-order valence-corrected chi connectivity index (χ3v) is 7.29. The second kappa shape index (κ2) is 7.61. The van der Waals surface area contributed by atoms with Crippen LogP contribution in [0.2, 0.25) is 0 Å². The highest BCUT2D eigenvalue weighted by molar-refractivity contribution is 6.10. The van der Waals surface area contributed by atoms with Crippen LogP contribution < -0.4 is 0 Å². The maximum atomic E-state index is 2.41. The average Bonchev–Trinajstić information content (AvgIpc) is 3.41. The highest BCUT2D eigenvalue weighted by Gasteiger charge is 2.15. The Labute approximate surface area is 204 Å². The zero-order valence-electron chi connectivity index (χ0n) is 19.9. The van der Waals surface area contributed by atoms with Gasteiger partial charge in [0.05, 0.1) is 22.1 Å². The number of nitrogens with zero attached hydrogens (tertiary/aromatic N) is 2. The van der Waals surface area contributed by atoms with Crippen LogP contribution in [0.15, 0.2) is 115 Å². The van der Waals surface area contributed by atoms with Crippen LogP contribution in [-0.4, -0.2) is 9.13 Å². The zero-order chi connectivity index (χ0) is 23.5. The summed E-state index contributed by atoms with van der Waals surface area (Å²) in [4.78, 5) is 0. The Hall–Kier alpha value is -4.30. The molecule has 2 aromatic heterocycles. The van der Waals surface area contributed by atoms with Crippen molar-refractivity contribution in [2.24, 2.45) is 0 Å². The molecule has 0 aliphatic carbocycles. The van der Waals surface area contributed by atoms with Crippen molar-refractivity contribution in [3.8, 4) is 11.4 Å². The number of benzene rings is 5. The SMILES string of the molecule is CC(C)c1ccc2c(c1)c1ccccc1n2-c1cccc(-n2c3ccccc3c3ccccc32)c1. The lowest BCUT2D eigenvalue weighted by atomic mass is 10.0. The predicted molar refractivity (Wildman–Crippen MR) is 149 cm³/mol. The molecule has 0 aliphatic rings. The van der Waals surface area contributed by atoms with Crippen molar-refractivity contribution >= 4 is 43.6 Å². The Bertz CT molecular complexity index is 1830. The van der Waals surface area contributed by atoms with Gasteiger partial charge in [0.1, 0.15) is 0 Å². The fourth-order valence-electron chi connectivity index (χ4n) is 5.60. The number of hydrogen-bond acceptors (Lipinski definition) is 0. The smallest absolute Gasteiger partial charge is 0.0541 e. The van der Waals surface area contributed by atoms with E-state index in [2.05, 4.69) is 138 Å². The first kappa shape index (κ1) is 20.1. The molecule has 0 radical (unpaired) electrons. The molecule has 0 aliphatic heterocycles. The lowest BCUT2D eigenvalue weighted by molar-refractivity contribution is 0.868. The topological polar surface area (TPSA) is 9.86 Å². The first-order valence-corrected chi connectivity index (χ1v) is 12.3. The molecule has 7 rings (SSSR count). The summed E-state index contributed by atoms with van der Waals surface area (Å²) in [5.41, 5.74) is 8.67. The standard InChI is InChI=1S/C33H26N2/c1-22(2)23-18-19-33-29(20-23)28-14-5-8-17-32(28)35(33)25-11-9-10-24(21-25)34-30-15-6-3-12-26(30)27-13-4-7-16-31(27)34/h3-22H,1-2H3. The van der Waals surface area contributed by atoms with Crippen LogP contribution in [0.5, 0.6) is 0 Å². The van der Waals surface area contributed by atoms with Crippen LogP contribution in [0.1, 0.15) is 25.3 Å². The number of fused-ring (bicyclic) bond motifs is 6. The molecular formula is C33H26N2. The minimum atomic E-state index is 0.500. The Morgan fingerprint density at radius 3 is 1.40 bits per heavy atom. The van der Waals surface area contributed by atoms with E-state index in [1.54, 1.807) is 0 Å². The summed E-state index contributed by atoms with van der Waals surface area (Å²) in [6.07, 6.45) is 0. The second-order valence-electron chi connectivity index (χ2n) is 9.67. The molecule has 168 valence electrons. The first-order chi connectivity index (χ1) is 17.2. The van der Waals surface area contributed by atoms with Crippen molar-refractivity contribution in [3.05, 3.63) is 121 Å². The summed E-state index contributed by atoms with van der Waals surface area (Å²) >= 11 is 0. The van der Waals surface area contributed by atoms with E-state index in [1.165, 1.54) is 60.5 Å². The zero-order valence-corrected chi connectivity index (χ0v) is 19.9. The van der Waals surface area contributed by atoms with E-state index in [0.29, 0.717) is 5.92 Å². The quantitative estimate of drug-likeness (QED) is 0.254. The number of rotatable bonds is 3. The third kappa shape index (κ3) is 2.96. The van der Waals surface area contributed by atoms with Crippen LogP contribution in [0.25, 0.3) is 55.0 Å². The largest absolute Gasteiger partial charge is 0.309 e. The van der Waals surface area contributed by atoms with Gasteiger partial charge in [-0.25, -0.2) is 0 Å². The number of aromatic nitrogens is 2. The molecule has 0 fully saturated rings. The van der Waals surface area contributed by atoms with Gasteiger partial charge in [-0.05, 0) is 60.0 Å². The molecule has 0 unspecified atom stereocenters. The summed E-state index contributed by atoms with van der Waals surface area (Å²) in [5.74, 6) is 0.500. The Morgan fingerprint density at radius 1 is 0.429 bits per heavy atom. The second-order valence-corrected chi connectivity index (χ2v) is 9.67. The van der Waals surface area contributed by atoms with E-state index in [1.807, 2.05) is 0 Å². The molecule has 2 heterocycles. The van der Waals surface area contributed by atoms with Gasteiger partial charge in [0.25, 0.3) is 0 Å². The number of para-hydroxylation sites is 3. The molecule has 0 N–H and O–H groups in total. The average molecular weight is 451 g/mol. The van der Waals surface area contributed by atoms with Gasteiger partial charge < -0.3 is 9.13 Å². The molecule has 0 saturated carbocycles. The summed E-state index contributed by atoms with van der Waals surface area (Å²) < 4.78 is 4.80. The van der Waals surface area contributed by atoms with E-state index < -0.39 is 0 Å². The van der Waals surface area contributed by atoms with E-state index in [4.69, 9.17) is 0 Å². The summed E-state index contributed by atoms with van der Waals surface area (Å²) in [5, 5.41) is 5.18. The highest BCUT2D eigenvalue weighted by Crippen LogP contribution is 2.36. The van der Waals surface area contributed by atoms with E-state index >= 15 is 0 Å². The van der Waals surface area contributed by atoms with Crippen molar-refractivity contribution in [2.75, 3.05) is 0 Å². The molecule has 0 bridgehead atoms. The highest BCUT2D eigenvalue weighted by atomic mass is 15.0. The molecule has 0 amide bonds. The fourth-order valence-corrected chi connectivity index (χ4v) is 5.60. The van der Waals surface area contributed by atoms with Crippen LogP contribution in [0.4, 0.5) is 0 Å². The summed E-state index contributed by atoms with van der Waals surface area (Å²) in [6.45, 7) is 4.52. The fraction of sp³-hybridized carbons (Fsp3) is 0.0909. The Balaban J connectivity index is 1.52. The molecule has 5 aromatic carbocycles. The molecule has 0 saturated heterocycles. The maximum absolute atomic E-state index is 2.41. The van der Waals surface area contributed by atoms with Gasteiger partial charge in [-0.1, -0.05) is 80.6 Å². The van der Waals surface area contributed by atoms with Crippen molar-refractivity contribution in [3.63, 3.8) is 0 Å². The van der Waals surface area contributed by atoms with Crippen LogP contribution in [0, 0.1) is 0 Å². The monoisotopic (exact) mass is 450 g/mol. The third-order valence-electron chi connectivity index (χ3n) is 7.29. The van der Waals surface area contributed by atoms with Gasteiger partial charge >= 0.3 is 0 Å². The Kier molecular flexibility index (Phi) is 4.37. The van der Waals surface area contributed by atoms with Crippen LogP contribution in [-0.2, 0) is 0 Å². The predicted octanol–water partition coefficient (Wildman–Crippen LogP) is 9.00. The Morgan fingerprint density at radius 2 is 0.886 bits per heavy atom. The molecule has 0 spiro atoms. The van der Waals surface area contributed by atoms with Crippen LogP contribution in [0.3, 0.4) is 0 Å². The summed E-state index contributed by atoms with van der Waals surface area (Å²) in [6, 6.07) is 42.0. The molecule has 7 aromatic rings. The molecule has 2 heteroatoms. The molecule has 0 atom stereocenters. The lowest BCUT2D eigenvalue weighted by Gasteiger charge is -2.13. The van der Waals surface area contributed by atoms with Crippen molar-refractivity contribution < 1.29 is 0 Å². The maximum Gasteiger partial charge on any atom is 0.0541 e. The van der Waals surface area contributed by atoms with E-state index in [9.17, 15) is 0 Å². The van der Waals surface area contributed by atoms with E-state index in [-0.39, 0.29) is 0 Å². The number of hydrogen-bond donors (Lipinski definition) is 0. The van der Waals surface area contributed by atoms with E-state index in [0.717, 1.165) is 0 Å². The van der Waals surface area contributed by atoms with Crippen molar-refractivity contribution in [1.82, 2.24) is 9.13 Å². The minimum Gasteiger partial charge on any atom is -0.309 e. The lowest BCUT2D eigenvalue weighted by Crippen LogP contribution is -1.98. The molecule has 2 nitrogen and oxygen atoms in total. The van der Waals surface area contributed by atoms with Crippen LogP contribution >= 0.6 is 0 Å².